The highest BCUT2D eigenvalue weighted by Crippen LogP contribution is 2.29. The molecule has 4 heteroatoms. The summed E-state index contributed by atoms with van der Waals surface area (Å²) >= 11 is 7.15. The molecule has 0 bridgehead atoms. The Morgan fingerprint density at radius 1 is 1.53 bits per heavy atom. The molecule has 0 spiro atoms. The van der Waals surface area contributed by atoms with E-state index in [0.29, 0.717) is 11.0 Å². The van der Waals surface area contributed by atoms with Gasteiger partial charge in [0.2, 0.25) is 0 Å². The molecule has 92 valence electrons. The molecule has 1 aliphatic rings. The first-order valence-electron chi connectivity index (χ1n) is 5.80. The number of anilines is 1. The maximum Gasteiger partial charge on any atom is 0.106 e. The van der Waals surface area contributed by atoms with Crippen molar-refractivity contribution in [2.45, 2.75) is 19.4 Å². The van der Waals surface area contributed by atoms with Gasteiger partial charge in [0.15, 0.2) is 0 Å². The number of rotatable bonds is 3. The Labute approximate surface area is 113 Å². The third kappa shape index (κ3) is 2.75. The lowest BCUT2D eigenvalue weighted by molar-refractivity contribution is 0.699. The molecule has 2 rings (SSSR count). The molecule has 2 N–H and O–H groups in total. The van der Waals surface area contributed by atoms with Crippen LogP contribution in [0.15, 0.2) is 18.2 Å². The SMILES string of the molecule is Cc1ccc(C(N)=S)c(N(C)C2CCSC2)c1. The maximum atomic E-state index is 5.80. The monoisotopic (exact) mass is 266 g/mol. The zero-order valence-corrected chi connectivity index (χ0v) is 11.9. The smallest absolute Gasteiger partial charge is 0.106 e. The molecule has 0 amide bonds. The maximum absolute atomic E-state index is 5.80. The molecule has 17 heavy (non-hydrogen) atoms. The van der Waals surface area contributed by atoms with E-state index in [9.17, 15) is 0 Å². The van der Waals surface area contributed by atoms with E-state index in [0.717, 1.165) is 5.56 Å². The minimum Gasteiger partial charge on any atom is -0.389 e. The number of aryl methyl sites for hydroxylation is 1. The third-order valence-electron chi connectivity index (χ3n) is 3.25. The summed E-state index contributed by atoms with van der Waals surface area (Å²) in [5.41, 5.74) is 9.21. The Morgan fingerprint density at radius 2 is 2.29 bits per heavy atom. The van der Waals surface area contributed by atoms with Gasteiger partial charge in [-0.05, 0) is 36.8 Å². The molecule has 1 fully saturated rings. The van der Waals surface area contributed by atoms with Gasteiger partial charge in [0.1, 0.15) is 4.99 Å². The molecule has 1 aliphatic heterocycles. The molecule has 0 saturated carbocycles. The van der Waals surface area contributed by atoms with Gasteiger partial charge in [0.05, 0.1) is 0 Å². The molecule has 1 heterocycles. The summed E-state index contributed by atoms with van der Waals surface area (Å²) in [5, 5.41) is 0. The van der Waals surface area contributed by atoms with Gasteiger partial charge in [-0.3, -0.25) is 0 Å². The fourth-order valence-corrected chi connectivity index (χ4v) is 3.61. The first kappa shape index (κ1) is 12.7. The Kier molecular flexibility index (Phi) is 3.94. The Hall–Kier alpha value is -0.740. The van der Waals surface area contributed by atoms with Crippen LogP contribution in [0.1, 0.15) is 17.5 Å². The van der Waals surface area contributed by atoms with Crippen LogP contribution < -0.4 is 10.6 Å². The van der Waals surface area contributed by atoms with Crippen LogP contribution in [0.2, 0.25) is 0 Å². The number of hydrogen-bond donors (Lipinski definition) is 1. The average molecular weight is 266 g/mol. The third-order valence-corrected chi connectivity index (χ3v) is 4.62. The minimum absolute atomic E-state index is 0.484. The van der Waals surface area contributed by atoms with Crippen molar-refractivity contribution in [2.75, 3.05) is 23.5 Å². The molecule has 0 aliphatic carbocycles. The molecular weight excluding hydrogens is 248 g/mol. The van der Waals surface area contributed by atoms with E-state index in [-0.39, 0.29) is 0 Å². The van der Waals surface area contributed by atoms with Crippen molar-refractivity contribution in [2.24, 2.45) is 5.73 Å². The number of hydrogen-bond acceptors (Lipinski definition) is 3. The number of benzene rings is 1. The van der Waals surface area contributed by atoms with Gasteiger partial charge < -0.3 is 10.6 Å². The van der Waals surface area contributed by atoms with Gasteiger partial charge in [-0.2, -0.15) is 11.8 Å². The van der Waals surface area contributed by atoms with Crippen LogP contribution >= 0.6 is 24.0 Å². The van der Waals surface area contributed by atoms with Gasteiger partial charge in [-0.15, -0.1) is 0 Å². The Morgan fingerprint density at radius 3 is 2.88 bits per heavy atom. The fourth-order valence-electron chi connectivity index (χ4n) is 2.17. The van der Waals surface area contributed by atoms with E-state index in [2.05, 4.69) is 31.0 Å². The van der Waals surface area contributed by atoms with Crippen molar-refractivity contribution in [3.8, 4) is 0 Å². The van der Waals surface area contributed by atoms with Crippen molar-refractivity contribution in [3.05, 3.63) is 29.3 Å². The summed E-state index contributed by atoms with van der Waals surface area (Å²) in [6, 6.07) is 6.88. The molecule has 2 nitrogen and oxygen atoms in total. The quantitative estimate of drug-likeness (QED) is 0.852. The van der Waals surface area contributed by atoms with Gasteiger partial charge in [-0.25, -0.2) is 0 Å². The Balaban J connectivity index is 2.34. The van der Waals surface area contributed by atoms with Crippen LogP contribution in [0, 0.1) is 6.92 Å². The first-order chi connectivity index (χ1) is 8.09. The molecule has 1 atom stereocenters. The highest BCUT2D eigenvalue weighted by atomic mass is 32.2. The molecule has 1 aromatic carbocycles. The lowest BCUT2D eigenvalue weighted by Gasteiger charge is -2.28. The van der Waals surface area contributed by atoms with Gasteiger partial charge in [-0.1, -0.05) is 18.3 Å². The van der Waals surface area contributed by atoms with Gasteiger partial charge in [0.25, 0.3) is 0 Å². The predicted octanol–water partition coefficient (Wildman–Crippen LogP) is 2.57. The van der Waals surface area contributed by atoms with Crippen molar-refractivity contribution in [1.29, 1.82) is 0 Å². The van der Waals surface area contributed by atoms with E-state index >= 15 is 0 Å². The van der Waals surface area contributed by atoms with Crippen LogP contribution in [0.25, 0.3) is 0 Å². The molecule has 1 unspecified atom stereocenters. The van der Waals surface area contributed by atoms with E-state index in [1.807, 2.05) is 17.8 Å². The second kappa shape index (κ2) is 5.27. The topological polar surface area (TPSA) is 29.3 Å². The van der Waals surface area contributed by atoms with E-state index in [1.54, 1.807) is 0 Å². The van der Waals surface area contributed by atoms with E-state index < -0.39 is 0 Å². The summed E-state index contributed by atoms with van der Waals surface area (Å²) < 4.78 is 0. The second-order valence-electron chi connectivity index (χ2n) is 4.51. The zero-order valence-electron chi connectivity index (χ0n) is 10.3. The first-order valence-corrected chi connectivity index (χ1v) is 7.37. The van der Waals surface area contributed by atoms with Crippen molar-refractivity contribution in [3.63, 3.8) is 0 Å². The number of nitrogens with zero attached hydrogens (tertiary/aromatic N) is 1. The summed E-state index contributed by atoms with van der Waals surface area (Å²) in [4.78, 5) is 2.82. The Bertz CT molecular complexity index is 425. The van der Waals surface area contributed by atoms with Gasteiger partial charge in [0, 0.05) is 30.1 Å². The summed E-state index contributed by atoms with van der Waals surface area (Å²) in [5.74, 6) is 2.45. The van der Waals surface area contributed by atoms with Crippen molar-refractivity contribution < 1.29 is 0 Å². The zero-order chi connectivity index (χ0) is 12.4. The van der Waals surface area contributed by atoms with Crippen molar-refractivity contribution in [1.82, 2.24) is 0 Å². The largest absolute Gasteiger partial charge is 0.389 e. The van der Waals surface area contributed by atoms with Crippen LogP contribution in [-0.4, -0.2) is 29.6 Å². The molecule has 0 aromatic heterocycles. The number of nitrogens with two attached hydrogens (primary N) is 1. The van der Waals surface area contributed by atoms with Crippen LogP contribution in [0.3, 0.4) is 0 Å². The number of thioether (sulfide) groups is 1. The predicted molar refractivity (Wildman–Crippen MR) is 81.2 cm³/mol. The summed E-state index contributed by atoms with van der Waals surface area (Å²) in [6.07, 6.45) is 1.24. The highest BCUT2D eigenvalue weighted by Gasteiger charge is 2.22. The average Bonchev–Trinajstić information content (AvgIpc) is 2.80. The van der Waals surface area contributed by atoms with Gasteiger partial charge >= 0.3 is 0 Å². The molecular formula is C13H18N2S2. The molecule has 1 aromatic rings. The van der Waals surface area contributed by atoms with Crippen molar-refractivity contribution >= 4 is 34.7 Å². The standard InChI is InChI=1S/C13H18N2S2/c1-9-3-4-11(13(14)16)12(7-9)15(2)10-5-6-17-8-10/h3-4,7,10H,5-6,8H2,1-2H3,(H2,14,16). The highest BCUT2D eigenvalue weighted by molar-refractivity contribution is 7.99. The lowest BCUT2D eigenvalue weighted by Crippen LogP contribution is -2.33. The van der Waals surface area contributed by atoms with Crippen LogP contribution in [0.4, 0.5) is 5.69 Å². The minimum atomic E-state index is 0.484. The van der Waals surface area contributed by atoms with E-state index in [1.165, 1.54) is 29.2 Å². The normalized spacial score (nSPS) is 19.3. The van der Waals surface area contributed by atoms with E-state index in [4.69, 9.17) is 18.0 Å². The summed E-state index contributed by atoms with van der Waals surface area (Å²) in [6.45, 7) is 2.10. The molecule has 1 saturated heterocycles. The number of thiocarbonyl (C=S) groups is 1. The lowest BCUT2D eigenvalue weighted by atomic mass is 10.1. The molecule has 0 radical (unpaired) electrons. The fraction of sp³-hybridized carbons (Fsp3) is 0.462. The van der Waals surface area contributed by atoms with Crippen LogP contribution in [-0.2, 0) is 0 Å². The summed E-state index contributed by atoms with van der Waals surface area (Å²) in [7, 11) is 2.15. The van der Waals surface area contributed by atoms with Crippen LogP contribution in [0.5, 0.6) is 0 Å². The second-order valence-corrected chi connectivity index (χ2v) is 6.10.